The van der Waals surface area contributed by atoms with Crippen LogP contribution in [-0.2, 0) is 9.53 Å². The van der Waals surface area contributed by atoms with E-state index in [1.807, 2.05) is 36.4 Å². The molecular weight excluding hydrogens is 270 g/mol. The zero-order valence-electron chi connectivity index (χ0n) is 11.6. The maximum Gasteiger partial charge on any atom is 0.283 e. The highest BCUT2D eigenvalue weighted by atomic mass is 16.5. The van der Waals surface area contributed by atoms with E-state index in [0.717, 1.165) is 5.56 Å². The summed E-state index contributed by atoms with van der Waals surface area (Å²) in [6, 6.07) is 9.73. The molecule has 0 saturated carbocycles. The van der Waals surface area contributed by atoms with Crippen LogP contribution in [0.25, 0.3) is 11.8 Å². The average Bonchev–Trinajstić information content (AvgIpc) is 3.14. The van der Waals surface area contributed by atoms with Crippen LogP contribution in [0, 0.1) is 0 Å². The summed E-state index contributed by atoms with van der Waals surface area (Å²) >= 11 is 0. The molecule has 21 heavy (non-hydrogen) atoms. The van der Waals surface area contributed by atoms with Gasteiger partial charge < -0.3 is 14.5 Å². The Morgan fingerprint density at radius 3 is 2.86 bits per heavy atom. The normalized spacial score (nSPS) is 18.6. The Morgan fingerprint density at radius 1 is 1.38 bits per heavy atom. The minimum Gasteiger partial charge on any atom is -0.491 e. The second-order valence-electron chi connectivity index (χ2n) is 4.77. The molecule has 1 unspecified atom stereocenters. The van der Waals surface area contributed by atoms with Gasteiger partial charge in [0.15, 0.2) is 5.76 Å². The van der Waals surface area contributed by atoms with Crippen molar-refractivity contribution in [3.8, 4) is 0 Å². The highest BCUT2D eigenvalue weighted by Gasteiger charge is 2.28. The van der Waals surface area contributed by atoms with E-state index in [4.69, 9.17) is 9.15 Å². The second kappa shape index (κ2) is 5.78. The van der Waals surface area contributed by atoms with Gasteiger partial charge >= 0.3 is 0 Å². The second-order valence-corrected chi connectivity index (χ2v) is 4.77. The molecule has 3 rings (SSSR count). The molecule has 1 amide bonds. The molecule has 6 heteroatoms. The van der Waals surface area contributed by atoms with Crippen molar-refractivity contribution in [1.29, 1.82) is 0 Å². The first-order valence-electron chi connectivity index (χ1n) is 6.67. The van der Waals surface area contributed by atoms with Crippen molar-refractivity contribution in [3.05, 3.63) is 47.7 Å². The fraction of sp³-hybridized carbons (Fsp3) is 0.267. The molecule has 1 N–H and O–H groups in total. The largest absolute Gasteiger partial charge is 0.491 e. The first kappa shape index (κ1) is 13.4. The van der Waals surface area contributed by atoms with E-state index in [1.54, 1.807) is 7.11 Å². The van der Waals surface area contributed by atoms with Crippen molar-refractivity contribution in [1.82, 2.24) is 15.5 Å². The van der Waals surface area contributed by atoms with Crippen LogP contribution in [0.3, 0.4) is 0 Å². The van der Waals surface area contributed by atoms with Gasteiger partial charge in [-0.25, -0.2) is 0 Å². The SMILES string of the molecule is COC(=Cc1ccccc1)c1nnc(C2CNC(=O)C2)o1. The Balaban J connectivity index is 1.84. The summed E-state index contributed by atoms with van der Waals surface area (Å²) in [7, 11) is 1.55. The number of aromatic nitrogens is 2. The van der Waals surface area contributed by atoms with E-state index in [-0.39, 0.29) is 11.8 Å². The zero-order chi connectivity index (χ0) is 14.7. The van der Waals surface area contributed by atoms with Gasteiger partial charge in [0, 0.05) is 13.0 Å². The van der Waals surface area contributed by atoms with Crippen LogP contribution in [0.4, 0.5) is 0 Å². The molecule has 2 heterocycles. The molecule has 1 saturated heterocycles. The fourth-order valence-electron chi connectivity index (χ4n) is 2.19. The van der Waals surface area contributed by atoms with Gasteiger partial charge in [-0.2, -0.15) is 0 Å². The van der Waals surface area contributed by atoms with Crippen LogP contribution in [0.1, 0.15) is 29.7 Å². The predicted octanol–water partition coefficient (Wildman–Crippen LogP) is 1.82. The summed E-state index contributed by atoms with van der Waals surface area (Å²) in [5, 5.41) is 10.8. The summed E-state index contributed by atoms with van der Waals surface area (Å²) in [5.74, 6) is 1.22. The molecule has 1 atom stereocenters. The molecule has 1 aliphatic heterocycles. The third-order valence-corrected chi connectivity index (χ3v) is 3.30. The van der Waals surface area contributed by atoms with Crippen LogP contribution in [0.15, 0.2) is 34.7 Å². The van der Waals surface area contributed by atoms with E-state index in [0.29, 0.717) is 30.5 Å². The Hall–Kier alpha value is -2.63. The Kier molecular flexibility index (Phi) is 3.68. The molecule has 1 aliphatic rings. The van der Waals surface area contributed by atoms with Crippen molar-refractivity contribution in [3.63, 3.8) is 0 Å². The Morgan fingerprint density at radius 2 is 2.19 bits per heavy atom. The van der Waals surface area contributed by atoms with Crippen LogP contribution < -0.4 is 5.32 Å². The van der Waals surface area contributed by atoms with Crippen LogP contribution in [0.5, 0.6) is 0 Å². The minimum absolute atomic E-state index is 0.00606. The van der Waals surface area contributed by atoms with Gasteiger partial charge in [0.25, 0.3) is 5.89 Å². The number of amides is 1. The number of hydrogen-bond donors (Lipinski definition) is 1. The smallest absolute Gasteiger partial charge is 0.283 e. The molecule has 108 valence electrons. The van der Waals surface area contributed by atoms with E-state index in [1.165, 1.54) is 0 Å². The van der Waals surface area contributed by atoms with Gasteiger partial charge in [-0.3, -0.25) is 4.79 Å². The van der Waals surface area contributed by atoms with Gasteiger partial charge in [0.1, 0.15) is 0 Å². The number of nitrogens with zero attached hydrogens (tertiary/aromatic N) is 2. The molecule has 2 aromatic rings. The molecular formula is C15H15N3O3. The Labute approximate surface area is 121 Å². The van der Waals surface area contributed by atoms with Gasteiger partial charge in [0.05, 0.1) is 13.0 Å². The number of carbonyl (C=O) groups is 1. The van der Waals surface area contributed by atoms with Crippen molar-refractivity contribution < 1.29 is 13.9 Å². The van der Waals surface area contributed by atoms with Crippen LogP contribution >= 0.6 is 0 Å². The first-order valence-corrected chi connectivity index (χ1v) is 6.67. The first-order chi connectivity index (χ1) is 10.3. The third kappa shape index (κ3) is 2.94. The summed E-state index contributed by atoms with van der Waals surface area (Å²) in [4.78, 5) is 11.2. The van der Waals surface area contributed by atoms with Crippen molar-refractivity contribution in [2.45, 2.75) is 12.3 Å². The highest BCUT2D eigenvalue weighted by Crippen LogP contribution is 2.25. The summed E-state index contributed by atoms with van der Waals surface area (Å²) in [6.45, 7) is 0.533. The van der Waals surface area contributed by atoms with E-state index < -0.39 is 0 Å². The van der Waals surface area contributed by atoms with E-state index in [9.17, 15) is 4.79 Å². The maximum atomic E-state index is 11.2. The number of carbonyl (C=O) groups excluding carboxylic acids is 1. The van der Waals surface area contributed by atoms with Crippen LogP contribution in [0.2, 0.25) is 0 Å². The lowest BCUT2D eigenvalue weighted by Crippen LogP contribution is -2.13. The quantitative estimate of drug-likeness (QED) is 0.867. The average molecular weight is 285 g/mol. The monoisotopic (exact) mass is 285 g/mol. The molecule has 6 nitrogen and oxygen atoms in total. The topological polar surface area (TPSA) is 77.3 Å². The lowest BCUT2D eigenvalue weighted by molar-refractivity contribution is -0.119. The molecule has 1 fully saturated rings. The maximum absolute atomic E-state index is 11.2. The molecule has 0 radical (unpaired) electrons. The minimum atomic E-state index is -0.0615. The van der Waals surface area contributed by atoms with Crippen molar-refractivity contribution in [2.75, 3.05) is 13.7 Å². The van der Waals surface area contributed by atoms with Gasteiger partial charge in [0.2, 0.25) is 11.8 Å². The lowest BCUT2D eigenvalue weighted by atomic mass is 10.1. The lowest BCUT2D eigenvalue weighted by Gasteiger charge is -2.02. The number of nitrogens with one attached hydrogen (secondary N) is 1. The summed E-state index contributed by atoms with van der Waals surface area (Å²) < 4.78 is 11.0. The van der Waals surface area contributed by atoms with Crippen LogP contribution in [-0.4, -0.2) is 29.8 Å². The summed E-state index contributed by atoms with van der Waals surface area (Å²) in [6.07, 6.45) is 2.21. The van der Waals surface area contributed by atoms with Gasteiger partial charge in [-0.05, 0) is 11.6 Å². The van der Waals surface area contributed by atoms with Gasteiger partial charge in [-0.15, -0.1) is 10.2 Å². The van der Waals surface area contributed by atoms with E-state index >= 15 is 0 Å². The number of methoxy groups -OCH3 is 1. The number of ether oxygens (including phenoxy) is 1. The number of rotatable bonds is 4. The third-order valence-electron chi connectivity index (χ3n) is 3.30. The number of hydrogen-bond acceptors (Lipinski definition) is 5. The predicted molar refractivity (Wildman–Crippen MR) is 76.0 cm³/mol. The van der Waals surface area contributed by atoms with Crippen molar-refractivity contribution >= 4 is 17.7 Å². The fourth-order valence-corrected chi connectivity index (χ4v) is 2.19. The molecule has 0 bridgehead atoms. The molecule has 1 aromatic heterocycles. The Bertz CT molecular complexity index is 664. The zero-order valence-corrected chi connectivity index (χ0v) is 11.6. The number of benzene rings is 1. The molecule has 1 aromatic carbocycles. The van der Waals surface area contributed by atoms with Gasteiger partial charge in [-0.1, -0.05) is 30.3 Å². The molecule has 0 aliphatic carbocycles. The summed E-state index contributed by atoms with van der Waals surface area (Å²) in [5.41, 5.74) is 0.979. The van der Waals surface area contributed by atoms with Crippen molar-refractivity contribution in [2.24, 2.45) is 0 Å². The highest BCUT2D eigenvalue weighted by molar-refractivity contribution is 5.79. The van der Waals surface area contributed by atoms with E-state index in [2.05, 4.69) is 15.5 Å². The molecule has 0 spiro atoms. The standard InChI is InChI=1S/C15H15N3O3/c1-20-12(7-10-5-3-2-4-6-10)15-18-17-14(21-15)11-8-13(19)16-9-11/h2-7,11H,8-9H2,1H3,(H,16,19).